The summed E-state index contributed by atoms with van der Waals surface area (Å²) in [5, 5.41) is 0.593. The number of aryl methyl sites for hydroxylation is 1. The van der Waals surface area contributed by atoms with E-state index < -0.39 is 17.8 Å². The van der Waals surface area contributed by atoms with Crippen LogP contribution in [0, 0.1) is 6.92 Å². The zero-order chi connectivity index (χ0) is 21.8. The number of ether oxygens (including phenoxy) is 2. The van der Waals surface area contributed by atoms with E-state index in [1.807, 2.05) is 43.3 Å². The van der Waals surface area contributed by atoms with Crippen LogP contribution in [0.4, 0.5) is 0 Å². The second kappa shape index (κ2) is 9.45. The van der Waals surface area contributed by atoms with Crippen LogP contribution in [0.3, 0.4) is 0 Å². The molecule has 158 valence electrons. The smallest absolute Gasteiger partial charge is 0.336 e. The van der Waals surface area contributed by atoms with E-state index in [1.165, 1.54) is 7.11 Å². The number of hydrogen-bond acceptors (Lipinski definition) is 4. The minimum atomic E-state index is -0.568. The topological polar surface area (TPSA) is 55.8 Å². The molecule has 1 aliphatic heterocycles. The number of methoxy groups -OCH3 is 2. The Balaban J connectivity index is 2.28. The van der Waals surface area contributed by atoms with E-state index in [0.717, 1.165) is 16.7 Å². The van der Waals surface area contributed by atoms with Gasteiger partial charge in [-0.25, -0.2) is 4.79 Å². The molecule has 0 aliphatic carbocycles. The Bertz CT molecular complexity index is 967. The maximum atomic E-state index is 13.8. The molecule has 0 saturated heterocycles. The number of carbonyl (C=O) groups excluding carboxylic acids is 2. The van der Waals surface area contributed by atoms with Crippen molar-refractivity contribution in [1.82, 2.24) is 4.90 Å². The molecular weight excluding hydrogens is 402 g/mol. The Morgan fingerprint density at radius 2 is 1.70 bits per heavy atom. The molecule has 30 heavy (non-hydrogen) atoms. The van der Waals surface area contributed by atoms with Gasteiger partial charge < -0.3 is 14.4 Å². The van der Waals surface area contributed by atoms with E-state index >= 15 is 0 Å². The lowest BCUT2D eigenvalue weighted by Crippen LogP contribution is -2.45. The number of rotatable bonds is 6. The maximum absolute atomic E-state index is 13.8. The quantitative estimate of drug-likeness (QED) is 0.639. The third-order valence-corrected chi connectivity index (χ3v) is 5.90. The van der Waals surface area contributed by atoms with Crippen LogP contribution in [0.1, 0.15) is 35.4 Å². The molecule has 0 fully saturated rings. The molecule has 2 aromatic rings. The zero-order valence-corrected chi connectivity index (χ0v) is 18.4. The van der Waals surface area contributed by atoms with Gasteiger partial charge in [-0.1, -0.05) is 48.0 Å². The average molecular weight is 428 g/mol. The number of benzene rings is 2. The van der Waals surface area contributed by atoms with Crippen molar-refractivity contribution in [3.05, 3.63) is 81.5 Å². The van der Waals surface area contributed by atoms with Gasteiger partial charge in [-0.2, -0.15) is 0 Å². The predicted molar refractivity (Wildman–Crippen MR) is 116 cm³/mol. The number of esters is 1. The van der Waals surface area contributed by atoms with Crippen LogP contribution in [-0.4, -0.2) is 44.1 Å². The first-order valence-corrected chi connectivity index (χ1v) is 10.2. The SMILES string of the molecule is COCCN1C(=O)C(c2ccccc2C)C(c2ccc(Cl)cc2)C(C(=O)OC)=C1C. The van der Waals surface area contributed by atoms with E-state index in [-0.39, 0.29) is 5.91 Å². The summed E-state index contributed by atoms with van der Waals surface area (Å²) >= 11 is 6.10. The molecule has 0 N–H and O–H groups in total. The molecule has 3 rings (SSSR count). The van der Waals surface area contributed by atoms with E-state index in [1.54, 1.807) is 31.1 Å². The molecule has 2 aromatic carbocycles. The van der Waals surface area contributed by atoms with Crippen molar-refractivity contribution in [2.75, 3.05) is 27.4 Å². The second-order valence-electron chi connectivity index (χ2n) is 7.34. The fraction of sp³-hybridized carbons (Fsp3) is 0.333. The molecule has 2 unspecified atom stereocenters. The first-order valence-electron chi connectivity index (χ1n) is 9.81. The summed E-state index contributed by atoms with van der Waals surface area (Å²) in [7, 11) is 2.95. The Morgan fingerprint density at radius 1 is 1.03 bits per heavy atom. The van der Waals surface area contributed by atoms with Crippen molar-refractivity contribution < 1.29 is 19.1 Å². The van der Waals surface area contributed by atoms with Gasteiger partial charge >= 0.3 is 5.97 Å². The zero-order valence-electron chi connectivity index (χ0n) is 17.6. The number of halogens is 1. The predicted octanol–water partition coefficient (Wildman–Crippen LogP) is 4.45. The number of amides is 1. The first kappa shape index (κ1) is 22.1. The highest BCUT2D eigenvalue weighted by molar-refractivity contribution is 6.30. The molecular formula is C24H26ClNO4. The Labute approximate surface area is 182 Å². The van der Waals surface area contributed by atoms with Crippen LogP contribution in [0.2, 0.25) is 5.02 Å². The van der Waals surface area contributed by atoms with E-state index in [4.69, 9.17) is 21.1 Å². The normalized spacial score (nSPS) is 19.2. The van der Waals surface area contributed by atoms with Crippen LogP contribution in [0.25, 0.3) is 0 Å². The van der Waals surface area contributed by atoms with Crippen molar-refractivity contribution >= 4 is 23.5 Å². The number of allylic oxidation sites excluding steroid dienone is 1. The van der Waals surface area contributed by atoms with Crippen molar-refractivity contribution in [1.29, 1.82) is 0 Å². The van der Waals surface area contributed by atoms with Gasteiger partial charge in [0.05, 0.1) is 25.2 Å². The Hall–Kier alpha value is -2.63. The molecule has 2 atom stereocenters. The summed E-state index contributed by atoms with van der Waals surface area (Å²) in [5.74, 6) is -1.56. The van der Waals surface area contributed by atoms with Gasteiger partial charge in [-0.05, 0) is 42.7 Å². The van der Waals surface area contributed by atoms with Gasteiger partial charge in [0.15, 0.2) is 0 Å². The van der Waals surface area contributed by atoms with Crippen molar-refractivity contribution in [2.24, 2.45) is 0 Å². The van der Waals surface area contributed by atoms with Crippen molar-refractivity contribution in [2.45, 2.75) is 25.7 Å². The largest absolute Gasteiger partial charge is 0.466 e. The minimum Gasteiger partial charge on any atom is -0.466 e. The Kier molecular flexibility index (Phi) is 6.95. The van der Waals surface area contributed by atoms with Crippen LogP contribution >= 0.6 is 11.6 Å². The molecule has 0 bridgehead atoms. The molecule has 1 aliphatic rings. The van der Waals surface area contributed by atoms with Gasteiger partial charge in [0.1, 0.15) is 0 Å². The molecule has 0 spiro atoms. The highest BCUT2D eigenvalue weighted by atomic mass is 35.5. The van der Waals surface area contributed by atoms with Crippen LogP contribution in [0.5, 0.6) is 0 Å². The monoisotopic (exact) mass is 427 g/mol. The number of nitrogens with zero attached hydrogens (tertiary/aromatic N) is 1. The standard InChI is InChI=1S/C24H26ClNO4/c1-15-7-5-6-8-19(15)22-21(17-9-11-18(25)12-10-17)20(24(28)30-4)16(2)26(23(22)27)13-14-29-3/h5-12,21-22H,13-14H2,1-4H3. The highest BCUT2D eigenvalue weighted by Gasteiger charge is 2.45. The maximum Gasteiger partial charge on any atom is 0.336 e. The fourth-order valence-corrected chi connectivity index (χ4v) is 4.26. The summed E-state index contributed by atoms with van der Waals surface area (Å²) in [6, 6.07) is 15.1. The molecule has 0 radical (unpaired) electrons. The Morgan fingerprint density at radius 3 is 2.30 bits per heavy atom. The van der Waals surface area contributed by atoms with Crippen molar-refractivity contribution in [3.8, 4) is 0 Å². The molecule has 0 saturated carbocycles. The molecule has 0 aromatic heterocycles. The fourth-order valence-electron chi connectivity index (χ4n) is 4.14. The van der Waals surface area contributed by atoms with Crippen LogP contribution in [-0.2, 0) is 19.1 Å². The summed E-state index contributed by atoms with van der Waals surface area (Å²) in [5.41, 5.74) is 3.79. The molecule has 1 amide bonds. The third kappa shape index (κ3) is 4.13. The van der Waals surface area contributed by atoms with Gasteiger partial charge in [-0.15, -0.1) is 0 Å². The lowest BCUT2D eigenvalue weighted by Gasteiger charge is -2.40. The summed E-state index contributed by atoms with van der Waals surface area (Å²) in [6.45, 7) is 4.49. The summed E-state index contributed by atoms with van der Waals surface area (Å²) in [6.07, 6.45) is 0. The van der Waals surface area contributed by atoms with Gasteiger partial charge in [0.2, 0.25) is 5.91 Å². The van der Waals surface area contributed by atoms with Crippen LogP contribution < -0.4 is 0 Å². The number of hydrogen-bond donors (Lipinski definition) is 0. The minimum absolute atomic E-state index is 0.0635. The average Bonchev–Trinajstić information content (AvgIpc) is 2.74. The summed E-state index contributed by atoms with van der Waals surface area (Å²) < 4.78 is 10.4. The molecule has 1 heterocycles. The van der Waals surface area contributed by atoms with Crippen molar-refractivity contribution in [3.63, 3.8) is 0 Å². The highest BCUT2D eigenvalue weighted by Crippen LogP contribution is 2.46. The van der Waals surface area contributed by atoms with Crippen LogP contribution in [0.15, 0.2) is 59.8 Å². The molecule has 5 nitrogen and oxygen atoms in total. The third-order valence-electron chi connectivity index (χ3n) is 5.65. The van der Waals surface area contributed by atoms with E-state index in [9.17, 15) is 9.59 Å². The van der Waals surface area contributed by atoms with Gasteiger partial charge in [0.25, 0.3) is 0 Å². The lowest BCUT2D eigenvalue weighted by molar-refractivity contribution is -0.138. The summed E-state index contributed by atoms with van der Waals surface area (Å²) in [4.78, 5) is 28.3. The second-order valence-corrected chi connectivity index (χ2v) is 7.77. The lowest BCUT2D eigenvalue weighted by atomic mass is 9.72. The molecule has 6 heteroatoms. The van der Waals surface area contributed by atoms with E-state index in [2.05, 4.69) is 0 Å². The van der Waals surface area contributed by atoms with E-state index in [0.29, 0.717) is 29.4 Å². The van der Waals surface area contributed by atoms with Gasteiger partial charge in [-0.3, -0.25) is 4.79 Å². The van der Waals surface area contributed by atoms with Gasteiger partial charge in [0, 0.05) is 30.3 Å². The first-order chi connectivity index (χ1) is 14.4. The number of carbonyl (C=O) groups is 2.